The molecule has 5 heteroatoms. The van der Waals surface area contributed by atoms with E-state index < -0.39 is 23.2 Å². The first kappa shape index (κ1) is 8.27. The van der Waals surface area contributed by atoms with Crippen molar-refractivity contribution in [3.05, 3.63) is 35.4 Å². The summed E-state index contributed by atoms with van der Waals surface area (Å²) >= 11 is 0. The Kier molecular flexibility index (Phi) is 2.61. The maximum atomic E-state index is 10.9. The van der Waals surface area contributed by atoms with Crippen molar-refractivity contribution < 1.29 is 17.3 Å². The molecule has 2 N–H and O–H groups in total. The van der Waals surface area contributed by atoms with Gasteiger partial charge in [-0.05, 0) is 18.1 Å². The lowest BCUT2D eigenvalue weighted by atomic mass is 10.1. The van der Waals surface area contributed by atoms with Crippen molar-refractivity contribution in [3.8, 4) is 0 Å². The van der Waals surface area contributed by atoms with E-state index in [-0.39, 0.29) is 5.75 Å². The fraction of sp³-hybridized carbons (Fsp3) is 0.400. The molecule has 4 nitrogen and oxygen atoms in total. The molecule has 84 valence electrons. The quantitative estimate of drug-likeness (QED) is 0.847. The van der Waals surface area contributed by atoms with Crippen LogP contribution in [0.25, 0.3) is 0 Å². The number of methoxy groups -OCH3 is 1. The first-order valence-electron chi connectivity index (χ1n) is 5.84. The van der Waals surface area contributed by atoms with E-state index in [1.807, 2.05) is 0 Å². The van der Waals surface area contributed by atoms with E-state index in [9.17, 15) is 8.42 Å². The van der Waals surface area contributed by atoms with Gasteiger partial charge in [0, 0.05) is 7.04 Å². The van der Waals surface area contributed by atoms with Crippen LogP contribution in [0.4, 0.5) is 0 Å². The van der Waals surface area contributed by atoms with Crippen LogP contribution in [0.2, 0.25) is 0 Å². The molecule has 0 aliphatic carbocycles. The van der Waals surface area contributed by atoms with Crippen molar-refractivity contribution in [3.63, 3.8) is 0 Å². The van der Waals surface area contributed by atoms with Crippen molar-refractivity contribution in [2.75, 3.05) is 7.04 Å². The smallest absolute Gasteiger partial charge is 0.213 e. The minimum absolute atomic E-state index is 0.248. The van der Waals surface area contributed by atoms with Gasteiger partial charge in [0.15, 0.2) is 0 Å². The highest BCUT2D eigenvalue weighted by Crippen LogP contribution is 2.16. The second-order valence-electron chi connectivity index (χ2n) is 3.31. The molecule has 15 heavy (non-hydrogen) atoms. The normalized spacial score (nSPS) is 17.6. The highest BCUT2D eigenvalue weighted by Gasteiger charge is 2.06. The number of nitrogens with two attached hydrogens (primary N) is 1. The van der Waals surface area contributed by atoms with E-state index in [2.05, 4.69) is 0 Å². The van der Waals surface area contributed by atoms with E-state index >= 15 is 0 Å². The summed E-state index contributed by atoms with van der Waals surface area (Å²) in [5.41, 5.74) is 1.20. The zero-order valence-electron chi connectivity index (χ0n) is 11.3. The average molecular weight is 232 g/mol. The molecule has 0 heterocycles. The van der Waals surface area contributed by atoms with Crippen LogP contribution in [0.15, 0.2) is 24.3 Å². The van der Waals surface area contributed by atoms with E-state index in [0.29, 0.717) is 11.1 Å². The lowest BCUT2D eigenvalue weighted by Crippen LogP contribution is -2.14. The highest BCUT2D eigenvalue weighted by atomic mass is 32.2. The summed E-state index contributed by atoms with van der Waals surface area (Å²) in [6, 6.07) is 6.41. The molecule has 1 aromatic rings. The average Bonchev–Trinajstić information content (AvgIpc) is 2.13. The summed E-state index contributed by atoms with van der Waals surface area (Å²) < 4.78 is 47.6. The number of ether oxygens (including phenoxy) is 1. The molecule has 0 radical (unpaired) electrons. The SMILES string of the molecule is [2H]C([2H])([2H])O[C@@H](C)c1ccc(CS(N)(=O)=O)cc1. The summed E-state index contributed by atoms with van der Waals surface area (Å²) in [5, 5.41) is 4.92. The minimum Gasteiger partial charge on any atom is -0.377 e. The molecule has 0 aromatic heterocycles. The van der Waals surface area contributed by atoms with Gasteiger partial charge in [-0.3, -0.25) is 0 Å². The fourth-order valence-corrected chi connectivity index (χ4v) is 1.84. The lowest BCUT2D eigenvalue weighted by molar-refractivity contribution is 0.119. The third-order valence-electron chi connectivity index (χ3n) is 1.99. The van der Waals surface area contributed by atoms with Crippen molar-refractivity contribution in [1.82, 2.24) is 0 Å². The first-order chi connectivity index (χ1) is 8.07. The van der Waals surface area contributed by atoms with Crippen molar-refractivity contribution in [2.45, 2.75) is 18.8 Å². The van der Waals surface area contributed by atoms with Crippen LogP contribution in [-0.4, -0.2) is 15.5 Å². The maximum absolute atomic E-state index is 10.9. The number of hydrogen-bond acceptors (Lipinski definition) is 3. The number of primary sulfonamides is 1. The number of sulfonamides is 1. The molecular formula is C10H15NO3S. The predicted molar refractivity (Wildman–Crippen MR) is 58.7 cm³/mol. The molecule has 1 aromatic carbocycles. The number of benzene rings is 1. The molecule has 0 aliphatic heterocycles. The Hall–Kier alpha value is -0.910. The van der Waals surface area contributed by atoms with Crippen molar-refractivity contribution in [1.29, 1.82) is 0 Å². The van der Waals surface area contributed by atoms with E-state index in [4.69, 9.17) is 14.0 Å². The third kappa shape index (κ3) is 3.99. The molecule has 0 saturated carbocycles. The summed E-state index contributed by atoms with van der Waals surface area (Å²) in [6.07, 6.45) is -0.596. The standard InChI is InChI=1S/C10H15NO3S/c1-8(14-2)10-5-3-9(4-6-10)7-15(11,12)13/h3-6,8H,7H2,1-2H3,(H2,11,12,13)/t8-/m0/s1/i2D3. The Bertz CT molecular complexity index is 496. The largest absolute Gasteiger partial charge is 0.377 e. The van der Waals surface area contributed by atoms with Gasteiger partial charge in [0.2, 0.25) is 10.0 Å². The van der Waals surface area contributed by atoms with Gasteiger partial charge in [-0.15, -0.1) is 0 Å². The molecule has 0 aliphatic rings. The second kappa shape index (κ2) is 4.74. The Morgan fingerprint density at radius 1 is 1.47 bits per heavy atom. The predicted octanol–water partition coefficient (Wildman–Crippen LogP) is 1.18. The maximum Gasteiger partial charge on any atom is 0.213 e. The van der Waals surface area contributed by atoms with E-state index in [1.165, 1.54) is 0 Å². The fourth-order valence-electron chi connectivity index (χ4n) is 1.19. The van der Waals surface area contributed by atoms with Gasteiger partial charge in [0.1, 0.15) is 0 Å². The van der Waals surface area contributed by atoms with E-state index in [1.54, 1.807) is 31.2 Å². The zero-order valence-corrected chi connectivity index (χ0v) is 9.12. The molecule has 0 bridgehead atoms. The molecular weight excluding hydrogens is 214 g/mol. The monoisotopic (exact) mass is 232 g/mol. The summed E-state index contributed by atoms with van der Waals surface area (Å²) in [4.78, 5) is 0. The Morgan fingerprint density at radius 2 is 2.07 bits per heavy atom. The van der Waals surface area contributed by atoms with Crippen LogP contribution >= 0.6 is 0 Å². The first-order valence-corrected chi connectivity index (χ1v) is 6.05. The van der Waals surface area contributed by atoms with Crippen LogP contribution < -0.4 is 5.14 Å². The molecule has 0 unspecified atom stereocenters. The number of rotatable bonds is 4. The molecule has 1 rings (SSSR count). The Morgan fingerprint density at radius 3 is 2.53 bits per heavy atom. The number of hydrogen-bond donors (Lipinski definition) is 1. The highest BCUT2D eigenvalue weighted by molar-refractivity contribution is 7.88. The van der Waals surface area contributed by atoms with Crippen LogP contribution in [0, 0.1) is 0 Å². The van der Waals surface area contributed by atoms with Gasteiger partial charge in [-0.1, -0.05) is 24.3 Å². The summed E-state index contributed by atoms with van der Waals surface area (Å²) in [7, 11) is -6.02. The molecule has 0 fully saturated rings. The van der Waals surface area contributed by atoms with Gasteiger partial charge in [0.05, 0.1) is 16.0 Å². The lowest BCUT2D eigenvalue weighted by Gasteiger charge is -2.09. The van der Waals surface area contributed by atoms with E-state index in [0.717, 1.165) is 0 Å². The van der Waals surface area contributed by atoms with Crippen LogP contribution in [0.1, 0.15) is 28.3 Å². The van der Waals surface area contributed by atoms with Gasteiger partial charge in [-0.2, -0.15) is 0 Å². The Labute approximate surface area is 94.3 Å². The topological polar surface area (TPSA) is 69.4 Å². The van der Waals surface area contributed by atoms with Gasteiger partial charge in [-0.25, -0.2) is 13.6 Å². The summed E-state index contributed by atoms with van der Waals surface area (Å²) in [5.74, 6) is -0.248. The van der Waals surface area contributed by atoms with Crippen LogP contribution in [-0.2, 0) is 20.5 Å². The van der Waals surface area contributed by atoms with Crippen molar-refractivity contribution in [2.24, 2.45) is 5.14 Å². The molecule has 0 amide bonds. The molecule has 1 atom stereocenters. The summed E-state index contributed by atoms with van der Waals surface area (Å²) in [6.45, 7) is 1.61. The van der Waals surface area contributed by atoms with Crippen molar-refractivity contribution >= 4 is 10.0 Å². The minimum atomic E-state index is -3.56. The molecule has 0 spiro atoms. The van der Waals surface area contributed by atoms with Gasteiger partial charge in [0.25, 0.3) is 0 Å². The van der Waals surface area contributed by atoms with Crippen LogP contribution in [0.5, 0.6) is 0 Å². The van der Waals surface area contributed by atoms with Gasteiger partial charge < -0.3 is 4.74 Å². The van der Waals surface area contributed by atoms with Gasteiger partial charge >= 0.3 is 0 Å². The molecule has 0 saturated heterocycles. The Balaban J connectivity index is 2.77. The zero-order chi connectivity index (χ0) is 14.0. The van der Waals surface area contributed by atoms with Crippen LogP contribution in [0.3, 0.4) is 0 Å². The third-order valence-corrected chi connectivity index (χ3v) is 2.73. The second-order valence-corrected chi connectivity index (χ2v) is 4.92.